The summed E-state index contributed by atoms with van der Waals surface area (Å²) in [7, 11) is 0. The van der Waals surface area contributed by atoms with Gasteiger partial charge in [0.15, 0.2) is 6.10 Å². The van der Waals surface area contributed by atoms with Crippen molar-refractivity contribution in [3.05, 3.63) is 85.1 Å². The topological polar surface area (TPSA) is 78.9 Å². The number of carbonyl (C=O) groups excluding carboxylic acids is 3. The average Bonchev–Trinajstić information content (AvgIpc) is 3.37. The Hall–Kier alpha value is -3.41. The summed E-state index contributed by atoms with van der Waals surface area (Å²) in [6.45, 7) is 6.48. The predicted molar refractivity (Wildman–Crippen MR) is 307 cm³/mol. The molecule has 6 nitrogen and oxygen atoms in total. The minimum absolute atomic E-state index is 0.0850. The second-order valence-corrected chi connectivity index (χ2v) is 19.9. The van der Waals surface area contributed by atoms with Gasteiger partial charge in [0.1, 0.15) is 13.2 Å². The van der Waals surface area contributed by atoms with E-state index in [0.717, 1.165) is 103 Å². The molecule has 0 aromatic rings. The Morgan fingerprint density at radius 2 is 0.549 bits per heavy atom. The molecule has 0 fully saturated rings. The second-order valence-electron chi connectivity index (χ2n) is 19.9. The molecule has 1 atom stereocenters. The van der Waals surface area contributed by atoms with E-state index in [1.807, 2.05) is 0 Å². The van der Waals surface area contributed by atoms with Crippen molar-refractivity contribution in [2.24, 2.45) is 0 Å². The first-order valence-electron chi connectivity index (χ1n) is 30.1. The highest BCUT2D eigenvalue weighted by Crippen LogP contribution is 2.15. The highest BCUT2D eigenvalue weighted by atomic mass is 16.6. The lowest BCUT2D eigenvalue weighted by molar-refractivity contribution is -0.167. The zero-order valence-electron chi connectivity index (χ0n) is 46.7. The van der Waals surface area contributed by atoms with Crippen LogP contribution >= 0.6 is 0 Å². The van der Waals surface area contributed by atoms with Gasteiger partial charge in [0.2, 0.25) is 0 Å². The smallest absolute Gasteiger partial charge is 0.306 e. The van der Waals surface area contributed by atoms with Gasteiger partial charge in [0.05, 0.1) is 0 Å². The van der Waals surface area contributed by atoms with Gasteiger partial charge in [0, 0.05) is 19.3 Å². The molecule has 0 aromatic carbocycles. The number of hydrogen-bond donors (Lipinski definition) is 0. The Morgan fingerprint density at radius 1 is 0.296 bits per heavy atom. The van der Waals surface area contributed by atoms with Crippen LogP contribution < -0.4 is 0 Å². The average molecular weight is 990 g/mol. The lowest BCUT2D eigenvalue weighted by Crippen LogP contribution is -2.30. The summed E-state index contributed by atoms with van der Waals surface area (Å²) in [5.74, 6) is -0.898. The molecule has 0 aliphatic heterocycles. The molecule has 0 heterocycles. The minimum atomic E-state index is -0.788. The van der Waals surface area contributed by atoms with Crippen LogP contribution in [-0.4, -0.2) is 37.2 Å². The first kappa shape index (κ1) is 67.6. The summed E-state index contributed by atoms with van der Waals surface area (Å²) in [5.41, 5.74) is 0. The molecule has 0 saturated carbocycles. The van der Waals surface area contributed by atoms with E-state index >= 15 is 0 Å². The number of ether oxygens (including phenoxy) is 3. The number of allylic oxidation sites excluding steroid dienone is 14. The largest absolute Gasteiger partial charge is 0.462 e. The van der Waals surface area contributed by atoms with E-state index in [0.29, 0.717) is 19.3 Å². The highest BCUT2D eigenvalue weighted by Gasteiger charge is 2.19. The minimum Gasteiger partial charge on any atom is -0.462 e. The molecule has 0 spiro atoms. The zero-order valence-corrected chi connectivity index (χ0v) is 46.7. The Morgan fingerprint density at radius 3 is 0.859 bits per heavy atom. The Bertz CT molecular complexity index is 1370. The maximum atomic E-state index is 12.9. The normalized spacial score (nSPS) is 12.7. The Kier molecular flexibility index (Phi) is 56.3. The SMILES string of the molecule is CC/C=C\C/C=C\C/C=C\CCCCCCCCCC(=O)OC(COC(=O)CCCCCCCCC/C=C\C/C=C\CCCCC)COC(=O)CCCCCCCCCCC/C=C\C/C=C\CCCCC. The lowest BCUT2D eigenvalue weighted by atomic mass is 10.1. The predicted octanol–water partition coefficient (Wildman–Crippen LogP) is 20.3. The van der Waals surface area contributed by atoms with Gasteiger partial charge in [-0.1, -0.05) is 241 Å². The van der Waals surface area contributed by atoms with Crippen molar-refractivity contribution in [1.82, 2.24) is 0 Å². The van der Waals surface area contributed by atoms with E-state index in [1.54, 1.807) is 0 Å². The number of esters is 3. The van der Waals surface area contributed by atoms with E-state index < -0.39 is 6.10 Å². The van der Waals surface area contributed by atoms with Crippen molar-refractivity contribution in [2.45, 2.75) is 297 Å². The summed E-state index contributed by atoms with van der Waals surface area (Å²) in [6.07, 6.45) is 77.1. The fourth-order valence-electron chi connectivity index (χ4n) is 8.34. The molecule has 6 heteroatoms. The molecule has 0 aliphatic rings. The van der Waals surface area contributed by atoms with Crippen molar-refractivity contribution < 1.29 is 28.6 Å². The first-order valence-corrected chi connectivity index (χ1v) is 30.1. The number of rotatable bonds is 54. The van der Waals surface area contributed by atoms with Gasteiger partial charge in [0.25, 0.3) is 0 Å². The monoisotopic (exact) mass is 989 g/mol. The Labute approximate surface area is 439 Å². The van der Waals surface area contributed by atoms with Crippen LogP contribution in [0.25, 0.3) is 0 Å². The Balaban J connectivity index is 4.41. The van der Waals surface area contributed by atoms with Gasteiger partial charge in [-0.25, -0.2) is 0 Å². The summed E-state index contributed by atoms with van der Waals surface area (Å²) in [5, 5.41) is 0. The first-order chi connectivity index (χ1) is 35.0. The van der Waals surface area contributed by atoms with Crippen LogP contribution in [0.2, 0.25) is 0 Å². The summed E-state index contributed by atoms with van der Waals surface area (Å²) in [4.78, 5) is 38.3. The van der Waals surface area contributed by atoms with Gasteiger partial charge in [-0.3, -0.25) is 14.4 Å². The summed E-state index contributed by atoms with van der Waals surface area (Å²) >= 11 is 0. The second kappa shape index (κ2) is 59.2. The van der Waals surface area contributed by atoms with Crippen LogP contribution in [0.5, 0.6) is 0 Å². The van der Waals surface area contributed by atoms with Gasteiger partial charge in [-0.05, 0) is 116 Å². The third-order valence-electron chi connectivity index (χ3n) is 12.9. The van der Waals surface area contributed by atoms with Gasteiger partial charge in [-0.15, -0.1) is 0 Å². The number of carbonyl (C=O) groups is 3. The molecule has 71 heavy (non-hydrogen) atoms. The van der Waals surface area contributed by atoms with Gasteiger partial charge < -0.3 is 14.2 Å². The van der Waals surface area contributed by atoms with Crippen LogP contribution in [0.15, 0.2) is 85.1 Å². The fourth-order valence-corrected chi connectivity index (χ4v) is 8.34. The third-order valence-corrected chi connectivity index (χ3v) is 12.9. The molecule has 0 aromatic heterocycles. The van der Waals surface area contributed by atoms with Crippen LogP contribution in [0.4, 0.5) is 0 Å². The molecule has 0 saturated heterocycles. The van der Waals surface area contributed by atoms with E-state index in [4.69, 9.17) is 14.2 Å². The van der Waals surface area contributed by atoms with Crippen molar-refractivity contribution in [2.75, 3.05) is 13.2 Å². The lowest BCUT2D eigenvalue weighted by Gasteiger charge is -2.18. The molecule has 408 valence electrons. The number of unbranched alkanes of at least 4 members (excludes halogenated alkanes) is 29. The van der Waals surface area contributed by atoms with Crippen molar-refractivity contribution in [3.63, 3.8) is 0 Å². The van der Waals surface area contributed by atoms with E-state index in [2.05, 4.69) is 106 Å². The maximum Gasteiger partial charge on any atom is 0.306 e. The molecular formula is C65H112O6. The highest BCUT2D eigenvalue weighted by molar-refractivity contribution is 5.71. The van der Waals surface area contributed by atoms with E-state index in [-0.39, 0.29) is 31.1 Å². The third kappa shape index (κ3) is 57.4. The zero-order chi connectivity index (χ0) is 51.4. The molecule has 0 N–H and O–H groups in total. The van der Waals surface area contributed by atoms with Crippen LogP contribution in [0.3, 0.4) is 0 Å². The van der Waals surface area contributed by atoms with Crippen molar-refractivity contribution >= 4 is 17.9 Å². The quantitative estimate of drug-likeness (QED) is 0.0261. The molecular weight excluding hydrogens is 877 g/mol. The number of hydrogen-bond acceptors (Lipinski definition) is 6. The summed E-state index contributed by atoms with van der Waals surface area (Å²) < 4.78 is 16.9. The molecule has 0 bridgehead atoms. The molecule has 0 rings (SSSR count). The molecule has 0 aliphatic carbocycles. The molecule has 0 radical (unpaired) electrons. The van der Waals surface area contributed by atoms with Crippen molar-refractivity contribution in [3.8, 4) is 0 Å². The van der Waals surface area contributed by atoms with E-state index in [1.165, 1.54) is 148 Å². The standard InChI is InChI=1S/C65H112O6/c1-4-7-10-13-16-19-22-25-28-31-32-35-37-40-43-46-49-52-55-58-64(67)70-61-62(71-65(68)59-56-53-50-47-44-41-38-34-30-27-24-21-18-15-12-9-6-3)60-69-63(66)57-54-51-48-45-42-39-36-33-29-26-23-20-17-14-11-8-5-2/h9,12,16-21,25-30,62H,4-8,10-11,13-15,22-24,31-61H2,1-3H3/b12-9-,19-16-,20-17-,21-18-,28-25-,29-26-,30-27-. The van der Waals surface area contributed by atoms with E-state index in [9.17, 15) is 14.4 Å². The summed E-state index contributed by atoms with van der Waals surface area (Å²) in [6, 6.07) is 0. The molecule has 1 unspecified atom stereocenters. The van der Waals surface area contributed by atoms with Gasteiger partial charge >= 0.3 is 17.9 Å². The van der Waals surface area contributed by atoms with Crippen LogP contribution in [0, 0.1) is 0 Å². The van der Waals surface area contributed by atoms with Crippen LogP contribution in [0.1, 0.15) is 290 Å². The van der Waals surface area contributed by atoms with Crippen LogP contribution in [-0.2, 0) is 28.6 Å². The fraction of sp³-hybridized carbons (Fsp3) is 0.738. The maximum absolute atomic E-state index is 12.9. The van der Waals surface area contributed by atoms with Crippen molar-refractivity contribution in [1.29, 1.82) is 0 Å². The molecule has 0 amide bonds. The van der Waals surface area contributed by atoms with Gasteiger partial charge in [-0.2, -0.15) is 0 Å².